The topological polar surface area (TPSA) is 80.7 Å². The van der Waals surface area contributed by atoms with Crippen molar-refractivity contribution >= 4 is 23.1 Å². The lowest BCUT2D eigenvalue weighted by Crippen LogP contribution is -2.42. The summed E-state index contributed by atoms with van der Waals surface area (Å²) in [6, 6.07) is 6.08. The van der Waals surface area contributed by atoms with E-state index in [-0.39, 0.29) is 43.1 Å². The van der Waals surface area contributed by atoms with Crippen LogP contribution in [0.1, 0.15) is 57.9 Å². The molecule has 31 heavy (non-hydrogen) atoms. The van der Waals surface area contributed by atoms with Gasteiger partial charge in [-0.15, -0.1) is 0 Å². The molecule has 0 amide bonds. The highest BCUT2D eigenvalue weighted by Crippen LogP contribution is 2.56. The zero-order valence-electron chi connectivity index (χ0n) is 17.8. The Labute approximate surface area is 181 Å². The Bertz CT molecular complexity index is 970. The molecule has 1 saturated carbocycles. The third-order valence-electron chi connectivity index (χ3n) is 6.78. The van der Waals surface area contributed by atoms with E-state index >= 15 is 0 Å². The van der Waals surface area contributed by atoms with Gasteiger partial charge in [0.2, 0.25) is 0 Å². The molecule has 1 N–H and O–H groups in total. The summed E-state index contributed by atoms with van der Waals surface area (Å²) < 4.78 is 18.9. The lowest BCUT2D eigenvalue weighted by Gasteiger charge is -2.43. The van der Waals surface area contributed by atoms with Crippen molar-refractivity contribution in [1.29, 1.82) is 0 Å². The van der Waals surface area contributed by atoms with Gasteiger partial charge in [-0.3, -0.25) is 14.4 Å². The van der Waals surface area contributed by atoms with Gasteiger partial charge in [0.15, 0.2) is 0 Å². The zero-order valence-corrected chi connectivity index (χ0v) is 17.8. The van der Waals surface area contributed by atoms with Crippen LogP contribution in [-0.4, -0.2) is 34.9 Å². The van der Waals surface area contributed by atoms with E-state index in [0.29, 0.717) is 12.8 Å². The van der Waals surface area contributed by atoms with Gasteiger partial charge < -0.3 is 9.84 Å². The van der Waals surface area contributed by atoms with Crippen LogP contribution in [0, 0.1) is 16.6 Å². The van der Waals surface area contributed by atoms with Crippen molar-refractivity contribution < 1.29 is 28.6 Å². The predicted molar refractivity (Wildman–Crippen MR) is 112 cm³/mol. The first-order chi connectivity index (χ1) is 14.6. The van der Waals surface area contributed by atoms with Crippen molar-refractivity contribution in [3.05, 3.63) is 53.4 Å². The summed E-state index contributed by atoms with van der Waals surface area (Å²) in [6.45, 7) is 4.00. The molecule has 1 aromatic carbocycles. The first-order valence-corrected chi connectivity index (χ1v) is 10.7. The number of hydrogen-bond donors (Lipinski definition) is 1. The Morgan fingerprint density at radius 3 is 2.35 bits per heavy atom. The van der Waals surface area contributed by atoms with E-state index < -0.39 is 29.0 Å². The summed E-state index contributed by atoms with van der Waals surface area (Å²) in [5.41, 5.74) is 0.984. The largest absolute Gasteiger partial charge is 0.458 e. The molecule has 2 aliphatic carbocycles. The molecule has 3 aliphatic rings. The van der Waals surface area contributed by atoms with Crippen LogP contribution in [0.25, 0.3) is 5.57 Å². The zero-order chi connectivity index (χ0) is 22.4. The molecule has 4 rings (SSSR count). The van der Waals surface area contributed by atoms with E-state index in [0.717, 1.165) is 16.7 Å². The maximum Gasteiger partial charge on any atom is 0.309 e. The summed E-state index contributed by atoms with van der Waals surface area (Å²) in [4.78, 5) is 37.4. The number of carbonyl (C=O) groups excluding carboxylic acids is 3. The highest BCUT2D eigenvalue weighted by Gasteiger charge is 2.55. The number of aliphatic hydroxyl groups is 1. The minimum absolute atomic E-state index is 0.00784. The third-order valence-corrected chi connectivity index (χ3v) is 6.78. The van der Waals surface area contributed by atoms with Crippen LogP contribution < -0.4 is 0 Å². The molecule has 5 nitrogen and oxygen atoms in total. The fourth-order valence-corrected chi connectivity index (χ4v) is 5.34. The minimum Gasteiger partial charge on any atom is -0.458 e. The van der Waals surface area contributed by atoms with Crippen molar-refractivity contribution in [3.8, 4) is 0 Å². The Morgan fingerprint density at radius 2 is 1.74 bits per heavy atom. The second kappa shape index (κ2) is 7.83. The minimum atomic E-state index is -1.03. The Kier molecular flexibility index (Phi) is 5.46. The third kappa shape index (κ3) is 4.01. The number of esters is 1. The SMILES string of the molecule is CC1(C)CC2(CC(c3ccc(F)cc3)=C1C=C[C@@H]1C[C@@H](O)CC(=O)O1)C(=O)CCC2=O. The maximum absolute atomic E-state index is 13.6. The van der Waals surface area contributed by atoms with Gasteiger partial charge in [0.1, 0.15) is 23.5 Å². The van der Waals surface area contributed by atoms with Gasteiger partial charge in [-0.1, -0.05) is 32.1 Å². The first kappa shape index (κ1) is 21.6. The summed E-state index contributed by atoms with van der Waals surface area (Å²) in [7, 11) is 0. The number of benzene rings is 1. The monoisotopic (exact) mass is 426 g/mol. The number of ether oxygens (including phenoxy) is 1. The van der Waals surface area contributed by atoms with Crippen LogP contribution in [0.5, 0.6) is 0 Å². The molecule has 6 heteroatoms. The van der Waals surface area contributed by atoms with E-state index in [1.165, 1.54) is 12.1 Å². The molecule has 1 aliphatic heterocycles. The van der Waals surface area contributed by atoms with Crippen LogP contribution in [0.15, 0.2) is 42.0 Å². The molecule has 1 spiro atoms. The van der Waals surface area contributed by atoms with Gasteiger partial charge in [0.05, 0.1) is 17.9 Å². The van der Waals surface area contributed by atoms with E-state index in [9.17, 15) is 23.9 Å². The molecule has 0 unspecified atom stereocenters. The van der Waals surface area contributed by atoms with Crippen molar-refractivity contribution in [1.82, 2.24) is 0 Å². The van der Waals surface area contributed by atoms with Gasteiger partial charge in [-0.05, 0) is 53.2 Å². The molecule has 1 saturated heterocycles. The molecule has 0 radical (unpaired) electrons. The fourth-order valence-electron chi connectivity index (χ4n) is 5.34. The normalized spacial score (nSPS) is 27.9. The van der Waals surface area contributed by atoms with E-state index in [1.54, 1.807) is 18.2 Å². The molecular formula is C25H27FO5. The van der Waals surface area contributed by atoms with Crippen LogP contribution in [0.3, 0.4) is 0 Å². The van der Waals surface area contributed by atoms with E-state index in [4.69, 9.17) is 4.74 Å². The Morgan fingerprint density at radius 1 is 1.10 bits per heavy atom. The van der Waals surface area contributed by atoms with Crippen molar-refractivity contribution in [2.24, 2.45) is 10.8 Å². The Hall–Kier alpha value is -2.60. The number of carbonyl (C=O) groups is 3. The average Bonchev–Trinajstić information content (AvgIpc) is 2.94. The number of ketones is 2. The van der Waals surface area contributed by atoms with Crippen molar-refractivity contribution in [3.63, 3.8) is 0 Å². The number of rotatable bonds is 3. The Balaban J connectivity index is 1.79. The standard InChI is InChI=1S/C25H27FO5/c1-24(2)14-25(21(28)9-10-22(25)29)13-19(15-3-5-16(26)6-4-15)20(24)8-7-18-11-17(27)12-23(30)31-18/h3-8,17-18,27H,9-14H2,1-2H3/t17-,18-/m1/s1. The van der Waals surface area contributed by atoms with Crippen LogP contribution in [0.4, 0.5) is 4.39 Å². The molecule has 1 aromatic rings. The molecule has 0 aromatic heterocycles. The fraction of sp³-hybridized carbons (Fsp3) is 0.480. The highest BCUT2D eigenvalue weighted by molar-refractivity contribution is 6.14. The van der Waals surface area contributed by atoms with E-state index in [1.807, 2.05) is 19.9 Å². The van der Waals surface area contributed by atoms with E-state index in [2.05, 4.69) is 0 Å². The molecule has 0 bridgehead atoms. The van der Waals surface area contributed by atoms with Gasteiger partial charge in [0.25, 0.3) is 0 Å². The number of halogens is 1. The lowest BCUT2D eigenvalue weighted by molar-refractivity contribution is -0.156. The van der Waals surface area contributed by atoms with Crippen LogP contribution in [0.2, 0.25) is 0 Å². The number of Topliss-reactive ketones (excluding diaryl/α,β-unsaturated/α-hetero) is 2. The average molecular weight is 426 g/mol. The van der Waals surface area contributed by atoms with Gasteiger partial charge in [0, 0.05) is 19.3 Å². The number of cyclic esters (lactones) is 1. The van der Waals surface area contributed by atoms with Crippen molar-refractivity contribution in [2.45, 2.75) is 64.6 Å². The molecular weight excluding hydrogens is 399 g/mol. The number of aliphatic hydroxyl groups excluding tert-OH is 1. The lowest BCUT2D eigenvalue weighted by atomic mass is 9.58. The second-order valence-electron chi connectivity index (χ2n) is 9.55. The smallest absolute Gasteiger partial charge is 0.309 e. The summed E-state index contributed by atoms with van der Waals surface area (Å²) in [5.74, 6) is -0.831. The second-order valence-corrected chi connectivity index (χ2v) is 9.55. The van der Waals surface area contributed by atoms with Gasteiger partial charge >= 0.3 is 5.97 Å². The molecule has 2 fully saturated rings. The number of allylic oxidation sites excluding steroid dienone is 3. The summed E-state index contributed by atoms with van der Waals surface area (Å²) >= 11 is 0. The molecule has 2 atom stereocenters. The highest BCUT2D eigenvalue weighted by atomic mass is 19.1. The maximum atomic E-state index is 13.6. The first-order valence-electron chi connectivity index (χ1n) is 10.7. The quantitative estimate of drug-likeness (QED) is 0.585. The van der Waals surface area contributed by atoms with Crippen molar-refractivity contribution in [2.75, 3.05) is 0 Å². The van der Waals surface area contributed by atoms with Gasteiger partial charge in [-0.2, -0.15) is 0 Å². The predicted octanol–water partition coefficient (Wildman–Crippen LogP) is 3.94. The molecule has 164 valence electrons. The van der Waals surface area contributed by atoms with Crippen LogP contribution in [-0.2, 0) is 19.1 Å². The van der Waals surface area contributed by atoms with Crippen LogP contribution >= 0.6 is 0 Å². The molecule has 1 heterocycles. The number of hydrogen-bond acceptors (Lipinski definition) is 5. The van der Waals surface area contributed by atoms with Gasteiger partial charge in [-0.25, -0.2) is 4.39 Å². The summed E-state index contributed by atoms with van der Waals surface area (Å²) in [5, 5.41) is 9.89. The summed E-state index contributed by atoms with van der Waals surface area (Å²) in [6.07, 6.45) is 3.91.